The van der Waals surface area contributed by atoms with Crippen LogP contribution in [0, 0.1) is 17.8 Å². The number of carbonyl (C=O) groups excluding carboxylic acids is 1. The maximum Gasteiger partial charge on any atom is 0.223 e. The number of fused-ring (bicyclic) bond motifs is 1. The summed E-state index contributed by atoms with van der Waals surface area (Å²) in [5.41, 5.74) is 0. The first-order valence-corrected chi connectivity index (χ1v) is 9.41. The molecule has 2 fully saturated rings. The predicted octanol–water partition coefficient (Wildman–Crippen LogP) is 4.73. The van der Waals surface area contributed by atoms with Crippen LogP contribution in [0.2, 0.25) is 0 Å². The van der Waals surface area contributed by atoms with Gasteiger partial charge in [0.1, 0.15) is 0 Å². The molecule has 0 saturated heterocycles. The molecule has 0 spiro atoms. The third-order valence-electron chi connectivity index (χ3n) is 5.02. The number of rotatable bonds is 3. The molecule has 3 atom stereocenters. The van der Waals surface area contributed by atoms with Crippen LogP contribution < -0.4 is 5.32 Å². The van der Waals surface area contributed by atoms with Gasteiger partial charge >= 0.3 is 0 Å². The maximum atomic E-state index is 12.4. The van der Waals surface area contributed by atoms with Gasteiger partial charge in [0.05, 0.1) is 6.54 Å². The first kappa shape index (κ1) is 14.6. The van der Waals surface area contributed by atoms with E-state index in [4.69, 9.17) is 0 Å². The summed E-state index contributed by atoms with van der Waals surface area (Å²) in [6, 6.07) is 2.04. The Balaban J connectivity index is 1.51. The molecule has 3 rings (SSSR count). The number of nitrogens with one attached hydrogen (secondary N) is 1. The molecule has 0 bridgehead atoms. The smallest absolute Gasteiger partial charge is 0.223 e. The Bertz CT molecular complexity index is 473. The Labute approximate surface area is 133 Å². The summed E-state index contributed by atoms with van der Waals surface area (Å²) in [6.07, 6.45) is 9.03. The van der Waals surface area contributed by atoms with Crippen molar-refractivity contribution in [1.82, 2.24) is 5.32 Å². The molecule has 20 heavy (non-hydrogen) atoms. The van der Waals surface area contributed by atoms with E-state index in [0.717, 1.165) is 29.2 Å². The third-order valence-corrected chi connectivity index (χ3v) is 6.95. The molecule has 1 amide bonds. The molecule has 2 aliphatic rings. The Morgan fingerprint density at radius 3 is 2.80 bits per heavy atom. The lowest BCUT2D eigenvalue weighted by Gasteiger charge is -2.38. The molecule has 0 aliphatic heterocycles. The highest BCUT2D eigenvalue weighted by atomic mass is 79.9. The van der Waals surface area contributed by atoms with Crippen molar-refractivity contribution in [3.63, 3.8) is 0 Å². The monoisotopic (exact) mass is 355 g/mol. The van der Waals surface area contributed by atoms with E-state index < -0.39 is 0 Å². The SMILES string of the molecule is O=C(NCc1sccc1Br)C1CCC2CCCCC2C1. The average molecular weight is 356 g/mol. The van der Waals surface area contributed by atoms with Gasteiger partial charge in [-0.25, -0.2) is 0 Å². The quantitative estimate of drug-likeness (QED) is 0.833. The van der Waals surface area contributed by atoms with E-state index in [1.165, 1.54) is 37.0 Å². The highest BCUT2D eigenvalue weighted by molar-refractivity contribution is 9.10. The second kappa shape index (κ2) is 6.61. The molecule has 2 nitrogen and oxygen atoms in total. The lowest BCUT2D eigenvalue weighted by Crippen LogP contribution is -2.37. The van der Waals surface area contributed by atoms with Crippen LogP contribution in [0.4, 0.5) is 0 Å². The highest BCUT2D eigenvalue weighted by Gasteiger charge is 2.34. The van der Waals surface area contributed by atoms with Crippen molar-refractivity contribution in [2.75, 3.05) is 0 Å². The predicted molar refractivity (Wildman–Crippen MR) is 86.7 cm³/mol. The van der Waals surface area contributed by atoms with Crippen LogP contribution in [0.3, 0.4) is 0 Å². The summed E-state index contributed by atoms with van der Waals surface area (Å²) < 4.78 is 1.11. The van der Waals surface area contributed by atoms with Gasteiger partial charge < -0.3 is 5.32 Å². The summed E-state index contributed by atoms with van der Waals surface area (Å²) in [5.74, 6) is 2.27. The van der Waals surface area contributed by atoms with Crippen molar-refractivity contribution < 1.29 is 4.79 Å². The molecule has 1 heterocycles. The van der Waals surface area contributed by atoms with Gasteiger partial charge in [0.2, 0.25) is 5.91 Å². The molecule has 110 valence electrons. The minimum Gasteiger partial charge on any atom is -0.351 e. The fraction of sp³-hybridized carbons (Fsp3) is 0.688. The normalized spacial score (nSPS) is 29.8. The van der Waals surface area contributed by atoms with Crippen molar-refractivity contribution in [2.24, 2.45) is 17.8 Å². The minimum atomic E-state index is 0.257. The summed E-state index contributed by atoms with van der Waals surface area (Å²) in [4.78, 5) is 13.6. The van der Waals surface area contributed by atoms with E-state index in [9.17, 15) is 4.79 Å². The molecule has 0 radical (unpaired) electrons. The van der Waals surface area contributed by atoms with E-state index >= 15 is 0 Å². The minimum absolute atomic E-state index is 0.257. The Kier molecular flexibility index (Phi) is 4.82. The van der Waals surface area contributed by atoms with Gasteiger partial charge in [0.15, 0.2) is 0 Å². The number of halogens is 1. The van der Waals surface area contributed by atoms with Crippen molar-refractivity contribution in [1.29, 1.82) is 0 Å². The molecule has 0 aromatic carbocycles. The van der Waals surface area contributed by atoms with E-state index in [1.54, 1.807) is 11.3 Å². The van der Waals surface area contributed by atoms with Crippen molar-refractivity contribution >= 4 is 33.2 Å². The van der Waals surface area contributed by atoms with Crippen LogP contribution in [0.15, 0.2) is 15.9 Å². The molecular weight excluding hydrogens is 334 g/mol. The van der Waals surface area contributed by atoms with E-state index in [2.05, 4.69) is 26.6 Å². The van der Waals surface area contributed by atoms with Crippen LogP contribution in [-0.4, -0.2) is 5.91 Å². The zero-order valence-electron chi connectivity index (χ0n) is 11.7. The zero-order chi connectivity index (χ0) is 13.9. The highest BCUT2D eigenvalue weighted by Crippen LogP contribution is 2.42. The standard InChI is InChI=1S/C16H22BrNOS/c17-14-7-8-20-15(14)10-18-16(19)13-6-5-11-3-1-2-4-12(11)9-13/h7-8,11-13H,1-6,9-10H2,(H,18,19). The fourth-order valence-electron chi connectivity index (χ4n) is 3.87. The van der Waals surface area contributed by atoms with Crippen LogP contribution in [0.1, 0.15) is 49.8 Å². The van der Waals surface area contributed by atoms with E-state index in [0.29, 0.717) is 6.54 Å². The number of carbonyl (C=O) groups is 1. The van der Waals surface area contributed by atoms with Crippen LogP contribution in [-0.2, 0) is 11.3 Å². The number of hydrogen-bond donors (Lipinski definition) is 1. The van der Waals surface area contributed by atoms with Gasteiger partial charge in [-0.15, -0.1) is 11.3 Å². The van der Waals surface area contributed by atoms with Crippen molar-refractivity contribution in [2.45, 2.75) is 51.5 Å². The Morgan fingerprint density at radius 1 is 1.25 bits per heavy atom. The number of amides is 1. The summed E-state index contributed by atoms with van der Waals surface area (Å²) >= 11 is 5.21. The van der Waals surface area contributed by atoms with Gasteiger partial charge in [-0.1, -0.05) is 25.7 Å². The Hall–Kier alpha value is -0.350. The van der Waals surface area contributed by atoms with Crippen molar-refractivity contribution in [3.05, 3.63) is 20.8 Å². The lowest BCUT2D eigenvalue weighted by atomic mass is 9.67. The first-order valence-electron chi connectivity index (χ1n) is 7.73. The number of hydrogen-bond acceptors (Lipinski definition) is 2. The first-order chi connectivity index (χ1) is 9.74. The van der Waals surface area contributed by atoms with E-state index in [-0.39, 0.29) is 11.8 Å². The molecule has 1 aromatic heterocycles. The zero-order valence-corrected chi connectivity index (χ0v) is 14.1. The lowest BCUT2D eigenvalue weighted by molar-refractivity contribution is -0.127. The second-order valence-corrected chi connectivity index (χ2v) is 8.08. The molecule has 1 aromatic rings. The van der Waals surface area contributed by atoms with Gasteiger partial charge in [-0.3, -0.25) is 4.79 Å². The van der Waals surface area contributed by atoms with Gasteiger partial charge in [-0.05, 0) is 58.5 Å². The largest absolute Gasteiger partial charge is 0.351 e. The summed E-state index contributed by atoms with van der Waals surface area (Å²) in [6.45, 7) is 0.668. The van der Waals surface area contributed by atoms with Crippen molar-refractivity contribution in [3.8, 4) is 0 Å². The number of thiophene rings is 1. The third kappa shape index (κ3) is 3.28. The molecule has 2 saturated carbocycles. The molecule has 3 unspecified atom stereocenters. The molecule has 2 aliphatic carbocycles. The molecular formula is C16H22BrNOS. The topological polar surface area (TPSA) is 29.1 Å². The van der Waals surface area contributed by atoms with Gasteiger partial charge in [-0.2, -0.15) is 0 Å². The fourth-order valence-corrected chi connectivity index (χ4v) is 5.31. The second-order valence-electron chi connectivity index (χ2n) is 6.22. The van der Waals surface area contributed by atoms with Crippen LogP contribution >= 0.6 is 27.3 Å². The average Bonchev–Trinajstić information content (AvgIpc) is 2.89. The maximum absolute atomic E-state index is 12.4. The summed E-state index contributed by atoms with van der Waals surface area (Å²) in [7, 11) is 0. The molecule has 1 N–H and O–H groups in total. The van der Waals surface area contributed by atoms with Gasteiger partial charge in [0, 0.05) is 15.3 Å². The Morgan fingerprint density at radius 2 is 2.05 bits per heavy atom. The molecule has 4 heteroatoms. The van der Waals surface area contributed by atoms with Crippen LogP contribution in [0.25, 0.3) is 0 Å². The van der Waals surface area contributed by atoms with Gasteiger partial charge in [0.25, 0.3) is 0 Å². The van der Waals surface area contributed by atoms with E-state index in [1.807, 2.05) is 6.07 Å². The van der Waals surface area contributed by atoms with Crippen LogP contribution in [0.5, 0.6) is 0 Å². The summed E-state index contributed by atoms with van der Waals surface area (Å²) in [5, 5.41) is 5.19.